The summed E-state index contributed by atoms with van der Waals surface area (Å²) in [6.07, 6.45) is 1.18. The van der Waals surface area contributed by atoms with Gasteiger partial charge in [-0.3, -0.25) is 0 Å². The highest BCUT2D eigenvalue weighted by Crippen LogP contribution is 1.83. The highest BCUT2D eigenvalue weighted by Gasteiger charge is 1.69. The third-order valence-electron chi connectivity index (χ3n) is 0.224. The summed E-state index contributed by atoms with van der Waals surface area (Å²) in [5, 5.41) is 0.528. The van der Waals surface area contributed by atoms with Crippen LogP contribution in [0, 0.1) is 0 Å². The van der Waals surface area contributed by atoms with E-state index in [9.17, 15) is 0 Å². The van der Waals surface area contributed by atoms with Gasteiger partial charge < -0.3 is 0 Å². The Labute approximate surface area is 88.8 Å². The third-order valence-corrected chi connectivity index (χ3v) is 0.671. The van der Waals surface area contributed by atoms with E-state index in [2.05, 4.69) is 44.8 Å². The van der Waals surface area contributed by atoms with Crippen LogP contribution in [0.1, 0.15) is 34.1 Å². The molecule has 72 valence electrons. The first kappa shape index (κ1) is 18.0. The normalized spacial score (nSPS) is 7.64. The fourth-order valence-corrected chi connectivity index (χ4v) is 0. The zero-order valence-electron chi connectivity index (χ0n) is 8.04. The molecule has 3 heteroatoms. The molecule has 0 unspecified atom stereocenters. The van der Waals surface area contributed by atoms with Gasteiger partial charge in [-0.2, -0.15) is 37.9 Å². The van der Waals surface area contributed by atoms with Crippen LogP contribution < -0.4 is 0 Å². The van der Waals surface area contributed by atoms with Crippen LogP contribution >= 0.6 is 37.9 Å². The molecule has 0 N–H and O–H groups in total. The molecule has 0 heterocycles. The molecule has 0 rings (SSSR count). The first-order valence-corrected chi connectivity index (χ1v) is 5.74. The minimum absolute atomic E-state index is 0.528. The van der Waals surface area contributed by atoms with E-state index in [1.165, 1.54) is 6.42 Å². The van der Waals surface area contributed by atoms with Crippen molar-refractivity contribution in [1.82, 2.24) is 0 Å². The minimum atomic E-state index is 0.528. The van der Waals surface area contributed by atoms with E-state index < -0.39 is 0 Å². The maximum absolute atomic E-state index is 3.97. The van der Waals surface area contributed by atoms with E-state index in [0.29, 0.717) is 5.25 Å². The van der Waals surface area contributed by atoms with E-state index in [0.717, 1.165) is 11.5 Å². The molecule has 0 atom stereocenters. The molecule has 0 aromatic heterocycles. The van der Waals surface area contributed by atoms with Gasteiger partial charge in [-0.05, 0) is 23.2 Å². The Hall–Kier alpha value is 1.05. The van der Waals surface area contributed by atoms with Crippen LogP contribution in [0.5, 0.6) is 0 Å². The second-order valence-corrected chi connectivity index (χ2v) is 4.25. The SMILES string of the molecule is CC(C)S.CCCS.CCS. The van der Waals surface area contributed by atoms with Crippen molar-refractivity contribution in [1.29, 1.82) is 0 Å². The lowest BCUT2D eigenvalue weighted by Gasteiger charge is -1.78. The van der Waals surface area contributed by atoms with Gasteiger partial charge in [-0.1, -0.05) is 27.7 Å². The van der Waals surface area contributed by atoms with Crippen molar-refractivity contribution in [2.24, 2.45) is 0 Å². The summed E-state index contributed by atoms with van der Waals surface area (Å²) in [5.74, 6) is 1.96. The maximum atomic E-state index is 3.97. The number of rotatable bonds is 1. The molecule has 0 aliphatic rings. The molecule has 0 aromatic carbocycles. The molecule has 0 aromatic rings. The highest BCUT2D eigenvalue weighted by atomic mass is 32.1. The Kier molecular flexibility index (Phi) is 36.7. The van der Waals surface area contributed by atoms with Crippen molar-refractivity contribution in [3.05, 3.63) is 0 Å². The third kappa shape index (κ3) is 215. The zero-order chi connectivity index (χ0) is 9.70. The molecule has 11 heavy (non-hydrogen) atoms. The molecule has 0 aliphatic heterocycles. The molecule has 0 fully saturated rings. The van der Waals surface area contributed by atoms with E-state index in [4.69, 9.17) is 0 Å². The van der Waals surface area contributed by atoms with Crippen molar-refractivity contribution < 1.29 is 0 Å². The first-order valence-electron chi connectivity index (χ1n) is 3.96. The Morgan fingerprint density at radius 2 is 1.18 bits per heavy atom. The largest absolute Gasteiger partial charge is 0.180 e. The van der Waals surface area contributed by atoms with Gasteiger partial charge in [0.2, 0.25) is 0 Å². The first-order chi connectivity index (χ1) is 5.06. The molecule has 0 nitrogen and oxygen atoms in total. The molecule has 0 bridgehead atoms. The Balaban J connectivity index is -0.0000000886. The van der Waals surface area contributed by atoms with Gasteiger partial charge in [-0.25, -0.2) is 0 Å². The van der Waals surface area contributed by atoms with Crippen LogP contribution in [0.2, 0.25) is 0 Å². The molecule has 0 amide bonds. The fraction of sp³-hybridized carbons (Fsp3) is 1.00. The van der Waals surface area contributed by atoms with Crippen LogP contribution in [0.3, 0.4) is 0 Å². The van der Waals surface area contributed by atoms with Gasteiger partial charge in [0.05, 0.1) is 0 Å². The Morgan fingerprint density at radius 3 is 1.18 bits per heavy atom. The monoisotopic (exact) mass is 214 g/mol. The maximum Gasteiger partial charge on any atom is -0.00399 e. The predicted octanol–water partition coefficient (Wildman–Crippen LogP) is 3.59. The predicted molar refractivity (Wildman–Crippen MR) is 67.8 cm³/mol. The van der Waals surface area contributed by atoms with Crippen molar-refractivity contribution >= 4 is 37.9 Å². The van der Waals surface area contributed by atoms with E-state index in [-0.39, 0.29) is 0 Å². The fourth-order valence-electron chi connectivity index (χ4n) is 0. The summed E-state index contributed by atoms with van der Waals surface area (Å²) in [4.78, 5) is 0. The molecule has 0 saturated carbocycles. The van der Waals surface area contributed by atoms with Crippen LogP contribution in [0.15, 0.2) is 0 Å². The summed E-state index contributed by atoms with van der Waals surface area (Å²) < 4.78 is 0. The van der Waals surface area contributed by atoms with E-state index >= 15 is 0 Å². The summed E-state index contributed by atoms with van der Waals surface area (Å²) in [5.41, 5.74) is 0. The van der Waals surface area contributed by atoms with Crippen LogP contribution in [-0.4, -0.2) is 16.8 Å². The Bertz CT molecular complexity index is 33.6. The van der Waals surface area contributed by atoms with Gasteiger partial charge >= 0.3 is 0 Å². The lowest BCUT2D eigenvalue weighted by Crippen LogP contribution is -1.71. The van der Waals surface area contributed by atoms with E-state index in [1.54, 1.807) is 0 Å². The summed E-state index contributed by atoms with van der Waals surface area (Å²) in [7, 11) is 0. The van der Waals surface area contributed by atoms with Crippen molar-refractivity contribution in [3.63, 3.8) is 0 Å². The van der Waals surface area contributed by atoms with Crippen LogP contribution in [0.25, 0.3) is 0 Å². The second kappa shape index (κ2) is 22.5. The topological polar surface area (TPSA) is 0 Å². The molecular weight excluding hydrogens is 192 g/mol. The van der Waals surface area contributed by atoms with Gasteiger partial charge in [0, 0.05) is 0 Å². The van der Waals surface area contributed by atoms with Gasteiger partial charge in [0.1, 0.15) is 0 Å². The van der Waals surface area contributed by atoms with Gasteiger partial charge in [0.25, 0.3) is 0 Å². The minimum Gasteiger partial charge on any atom is -0.180 e. The Morgan fingerprint density at radius 1 is 1.09 bits per heavy atom. The quantitative estimate of drug-likeness (QED) is 0.546. The van der Waals surface area contributed by atoms with Gasteiger partial charge in [0.15, 0.2) is 0 Å². The van der Waals surface area contributed by atoms with Crippen LogP contribution in [0.4, 0.5) is 0 Å². The summed E-state index contributed by atoms with van der Waals surface area (Å²) >= 11 is 11.7. The van der Waals surface area contributed by atoms with E-state index in [1.807, 2.05) is 20.8 Å². The zero-order valence-corrected chi connectivity index (χ0v) is 10.7. The lowest BCUT2D eigenvalue weighted by atomic mass is 10.6. The molecule has 0 spiro atoms. The van der Waals surface area contributed by atoms with Gasteiger partial charge in [-0.15, -0.1) is 0 Å². The standard InChI is InChI=1S/2C3H8S.C2H6S/c1-3(2)4;1-2-3-4;1-2-3/h3-4H,1-2H3;4H,2-3H2,1H3;3H,2H2,1H3. The number of thiol groups is 3. The molecule has 0 aliphatic carbocycles. The molecular formula is C8H22S3. The van der Waals surface area contributed by atoms with Crippen molar-refractivity contribution in [3.8, 4) is 0 Å². The number of hydrogen-bond donors (Lipinski definition) is 3. The summed E-state index contributed by atoms with van der Waals surface area (Å²) in [6, 6.07) is 0. The second-order valence-electron chi connectivity index (χ2n) is 2.13. The highest BCUT2D eigenvalue weighted by molar-refractivity contribution is 7.80. The average molecular weight is 214 g/mol. The van der Waals surface area contributed by atoms with Crippen molar-refractivity contribution in [2.75, 3.05) is 11.5 Å². The van der Waals surface area contributed by atoms with Crippen LogP contribution in [-0.2, 0) is 0 Å². The molecule has 0 saturated heterocycles. The van der Waals surface area contributed by atoms with Crippen molar-refractivity contribution in [2.45, 2.75) is 39.4 Å². The summed E-state index contributed by atoms with van der Waals surface area (Å²) in [6.45, 7) is 8.16. The smallest absolute Gasteiger partial charge is 0.00399 e. The number of hydrogen-bond acceptors (Lipinski definition) is 3. The molecule has 0 radical (unpaired) electrons. The lowest BCUT2D eigenvalue weighted by molar-refractivity contribution is 1.11. The average Bonchev–Trinajstić information content (AvgIpc) is 1.88.